The van der Waals surface area contributed by atoms with Crippen LogP contribution in [0.5, 0.6) is 11.5 Å². The van der Waals surface area contributed by atoms with Gasteiger partial charge in [-0.15, -0.1) is 11.3 Å². The number of thiophene rings is 1. The van der Waals surface area contributed by atoms with E-state index < -0.39 is 18.5 Å². The molecule has 0 atom stereocenters. The summed E-state index contributed by atoms with van der Waals surface area (Å²) in [6.07, 6.45) is 2.78. The summed E-state index contributed by atoms with van der Waals surface area (Å²) in [5, 5.41) is 4.70. The Hall–Kier alpha value is -3.33. The Labute approximate surface area is 191 Å². The van der Waals surface area contributed by atoms with E-state index in [4.69, 9.17) is 14.2 Å². The molecule has 0 fully saturated rings. The van der Waals surface area contributed by atoms with Gasteiger partial charge in [0.05, 0.1) is 26.8 Å². The van der Waals surface area contributed by atoms with Crippen molar-refractivity contribution in [2.45, 2.75) is 20.4 Å². The average Bonchev–Trinajstić information content (AvgIpc) is 3.32. The minimum absolute atomic E-state index is 0.0972. The number of rotatable bonds is 12. The minimum Gasteiger partial charge on any atom is -0.493 e. The van der Waals surface area contributed by atoms with Crippen molar-refractivity contribution in [3.63, 3.8) is 0 Å². The normalized spacial score (nSPS) is 10.6. The molecule has 1 N–H and O–H groups in total. The molecule has 9 heteroatoms. The van der Waals surface area contributed by atoms with E-state index in [2.05, 4.69) is 5.32 Å². The largest absolute Gasteiger partial charge is 0.493 e. The van der Waals surface area contributed by atoms with Gasteiger partial charge in [0.15, 0.2) is 18.1 Å². The Kier molecular flexibility index (Phi) is 10.3. The van der Waals surface area contributed by atoms with Crippen LogP contribution >= 0.6 is 11.3 Å². The van der Waals surface area contributed by atoms with Crippen LogP contribution in [0.3, 0.4) is 0 Å². The van der Waals surface area contributed by atoms with Gasteiger partial charge < -0.3 is 24.4 Å². The van der Waals surface area contributed by atoms with Gasteiger partial charge in [-0.1, -0.05) is 12.1 Å². The van der Waals surface area contributed by atoms with Crippen molar-refractivity contribution in [1.82, 2.24) is 10.2 Å². The molecule has 32 heavy (non-hydrogen) atoms. The number of ether oxygens (including phenoxy) is 3. The molecule has 2 aromatic rings. The Morgan fingerprint density at radius 2 is 1.97 bits per heavy atom. The Bertz CT molecular complexity index is 927. The molecule has 2 amide bonds. The van der Waals surface area contributed by atoms with Gasteiger partial charge in [0, 0.05) is 17.5 Å². The predicted octanol–water partition coefficient (Wildman–Crippen LogP) is 2.88. The van der Waals surface area contributed by atoms with E-state index >= 15 is 0 Å². The maximum Gasteiger partial charge on any atom is 0.331 e. The summed E-state index contributed by atoms with van der Waals surface area (Å²) in [4.78, 5) is 38.8. The number of amides is 2. The molecule has 0 bridgehead atoms. The summed E-state index contributed by atoms with van der Waals surface area (Å²) in [5.41, 5.74) is 0.714. The fourth-order valence-electron chi connectivity index (χ4n) is 2.70. The minimum atomic E-state index is -0.663. The molecular weight excluding hydrogens is 432 g/mol. The fourth-order valence-corrected chi connectivity index (χ4v) is 3.35. The molecule has 0 saturated heterocycles. The number of likely N-dealkylation sites (N-methyl/N-ethyl adjacent to an activating group) is 1. The lowest BCUT2D eigenvalue weighted by Crippen LogP contribution is -2.42. The summed E-state index contributed by atoms with van der Waals surface area (Å²) >= 11 is 1.54. The zero-order chi connectivity index (χ0) is 23.3. The molecule has 0 aliphatic rings. The molecule has 1 aromatic heterocycles. The van der Waals surface area contributed by atoms with Crippen molar-refractivity contribution < 1.29 is 28.6 Å². The number of hydrogen-bond acceptors (Lipinski definition) is 7. The van der Waals surface area contributed by atoms with Crippen LogP contribution < -0.4 is 14.8 Å². The lowest BCUT2D eigenvalue weighted by molar-refractivity contribution is -0.148. The number of carbonyl (C=O) groups is 3. The zero-order valence-corrected chi connectivity index (χ0v) is 19.3. The van der Waals surface area contributed by atoms with Gasteiger partial charge in [0.1, 0.15) is 0 Å². The van der Waals surface area contributed by atoms with E-state index in [9.17, 15) is 14.4 Å². The highest BCUT2D eigenvalue weighted by atomic mass is 32.1. The summed E-state index contributed by atoms with van der Waals surface area (Å²) in [6, 6.07) is 9.08. The third-order valence-electron chi connectivity index (χ3n) is 4.35. The van der Waals surface area contributed by atoms with Crippen LogP contribution in [-0.4, -0.2) is 56.1 Å². The van der Waals surface area contributed by atoms with Crippen molar-refractivity contribution in [3.05, 3.63) is 52.2 Å². The topological polar surface area (TPSA) is 94.2 Å². The Morgan fingerprint density at radius 3 is 2.62 bits per heavy atom. The van der Waals surface area contributed by atoms with Crippen molar-refractivity contribution in [2.75, 3.05) is 33.4 Å². The van der Waals surface area contributed by atoms with Gasteiger partial charge in [-0.3, -0.25) is 9.59 Å². The number of methoxy groups -OCH3 is 1. The van der Waals surface area contributed by atoms with Gasteiger partial charge in [-0.05, 0) is 49.1 Å². The summed E-state index contributed by atoms with van der Waals surface area (Å²) < 4.78 is 15.8. The van der Waals surface area contributed by atoms with Gasteiger partial charge in [-0.2, -0.15) is 0 Å². The Morgan fingerprint density at radius 1 is 1.16 bits per heavy atom. The molecule has 0 aliphatic carbocycles. The third kappa shape index (κ3) is 8.07. The molecule has 0 unspecified atom stereocenters. The van der Waals surface area contributed by atoms with Crippen LogP contribution in [0.4, 0.5) is 0 Å². The summed E-state index contributed by atoms with van der Waals surface area (Å²) in [5.74, 6) is -0.218. The number of nitrogens with one attached hydrogen (secondary N) is 1. The highest BCUT2D eigenvalue weighted by Crippen LogP contribution is 2.28. The van der Waals surface area contributed by atoms with E-state index in [0.29, 0.717) is 36.8 Å². The van der Waals surface area contributed by atoms with Gasteiger partial charge in [-0.25, -0.2) is 4.79 Å². The first-order valence-electron chi connectivity index (χ1n) is 10.2. The number of hydrogen-bond donors (Lipinski definition) is 1. The molecular formula is C23H28N2O6S. The van der Waals surface area contributed by atoms with Crippen LogP contribution in [0, 0.1) is 0 Å². The standard InChI is InChI=1S/C23H28N2O6S/c1-4-25(15-21(26)24-14-18-7-6-12-32-18)22(27)16-31-23(28)11-9-17-8-10-19(30-5-2)20(13-17)29-3/h6-13H,4-5,14-16H2,1-3H3,(H,24,26)/b11-9+. The van der Waals surface area contributed by atoms with E-state index in [1.807, 2.05) is 24.4 Å². The van der Waals surface area contributed by atoms with Gasteiger partial charge >= 0.3 is 5.97 Å². The lowest BCUT2D eigenvalue weighted by atomic mass is 10.2. The fraction of sp³-hybridized carbons (Fsp3) is 0.348. The van der Waals surface area contributed by atoms with E-state index in [-0.39, 0.29) is 12.5 Å². The second-order valence-corrected chi connectivity index (χ2v) is 7.58. The number of carbonyl (C=O) groups excluding carboxylic acids is 3. The van der Waals surface area contributed by atoms with Crippen LogP contribution in [-0.2, 0) is 25.7 Å². The van der Waals surface area contributed by atoms with Crippen LogP contribution in [0.15, 0.2) is 41.8 Å². The SMILES string of the molecule is CCOc1ccc(/C=C/C(=O)OCC(=O)N(CC)CC(=O)NCc2cccs2)cc1OC. The van der Waals surface area contributed by atoms with Crippen LogP contribution in [0.1, 0.15) is 24.3 Å². The number of esters is 1. The summed E-state index contributed by atoms with van der Waals surface area (Å²) in [6.45, 7) is 4.34. The number of nitrogens with zero attached hydrogens (tertiary/aromatic N) is 1. The third-order valence-corrected chi connectivity index (χ3v) is 5.22. The van der Waals surface area contributed by atoms with Crippen molar-refractivity contribution in [2.24, 2.45) is 0 Å². The average molecular weight is 461 g/mol. The molecule has 2 rings (SSSR count). The Balaban J connectivity index is 1.81. The molecule has 0 radical (unpaired) electrons. The quantitative estimate of drug-likeness (QED) is 0.387. The van der Waals surface area contributed by atoms with E-state index in [1.165, 1.54) is 18.1 Å². The molecule has 0 spiro atoms. The lowest BCUT2D eigenvalue weighted by Gasteiger charge is -2.20. The second kappa shape index (κ2) is 13.2. The maximum absolute atomic E-state index is 12.3. The van der Waals surface area contributed by atoms with Gasteiger partial charge in [0.2, 0.25) is 5.91 Å². The molecule has 8 nitrogen and oxygen atoms in total. The van der Waals surface area contributed by atoms with E-state index in [0.717, 1.165) is 4.88 Å². The van der Waals surface area contributed by atoms with Gasteiger partial charge in [0.25, 0.3) is 5.91 Å². The second-order valence-electron chi connectivity index (χ2n) is 6.55. The highest BCUT2D eigenvalue weighted by Gasteiger charge is 2.17. The first-order chi connectivity index (χ1) is 15.5. The smallest absolute Gasteiger partial charge is 0.331 e. The van der Waals surface area contributed by atoms with Crippen molar-refractivity contribution in [1.29, 1.82) is 0 Å². The molecule has 1 heterocycles. The highest BCUT2D eigenvalue weighted by molar-refractivity contribution is 7.09. The van der Waals surface area contributed by atoms with Crippen LogP contribution in [0.2, 0.25) is 0 Å². The van der Waals surface area contributed by atoms with Crippen molar-refractivity contribution >= 4 is 35.2 Å². The molecule has 0 saturated carbocycles. The molecule has 0 aliphatic heterocycles. The monoisotopic (exact) mass is 460 g/mol. The molecule has 172 valence electrons. The maximum atomic E-state index is 12.3. The predicted molar refractivity (Wildman–Crippen MR) is 123 cm³/mol. The van der Waals surface area contributed by atoms with Crippen molar-refractivity contribution in [3.8, 4) is 11.5 Å². The number of benzene rings is 1. The first kappa shape index (κ1) is 24.9. The van der Waals surface area contributed by atoms with Crippen LogP contribution in [0.25, 0.3) is 6.08 Å². The zero-order valence-electron chi connectivity index (χ0n) is 18.5. The van der Waals surface area contributed by atoms with E-state index in [1.54, 1.807) is 42.5 Å². The summed E-state index contributed by atoms with van der Waals surface area (Å²) in [7, 11) is 1.53. The molecule has 1 aromatic carbocycles. The first-order valence-corrected chi connectivity index (χ1v) is 11.1.